The highest BCUT2D eigenvalue weighted by molar-refractivity contribution is 5.98. The fourth-order valence-corrected chi connectivity index (χ4v) is 3.53. The van der Waals surface area contributed by atoms with Crippen LogP contribution in [0.5, 0.6) is 0 Å². The lowest BCUT2D eigenvalue weighted by Crippen LogP contribution is -2.41. The molecule has 1 saturated heterocycles. The number of benzene rings is 1. The number of rotatable bonds is 5. The van der Waals surface area contributed by atoms with E-state index in [1.807, 2.05) is 13.0 Å². The van der Waals surface area contributed by atoms with E-state index in [1.165, 1.54) is 6.26 Å². The molecule has 2 heterocycles. The van der Waals surface area contributed by atoms with E-state index in [2.05, 4.69) is 10.6 Å². The Labute approximate surface area is 169 Å². The average molecular weight is 395 g/mol. The van der Waals surface area contributed by atoms with E-state index in [1.54, 1.807) is 29.2 Å². The summed E-state index contributed by atoms with van der Waals surface area (Å²) in [5.74, 6) is -0.159. The Morgan fingerprint density at radius 1 is 1.07 bits per heavy atom. The largest absolute Gasteiger partial charge is 0.459 e. The second-order valence-corrected chi connectivity index (χ2v) is 7.81. The van der Waals surface area contributed by atoms with Gasteiger partial charge in [-0.1, -0.05) is 6.07 Å². The number of nitrogens with zero attached hydrogens (tertiary/aromatic N) is 1. The van der Waals surface area contributed by atoms with Crippen molar-refractivity contribution in [2.24, 2.45) is 5.92 Å². The van der Waals surface area contributed by atoms with Crippen LogP contribution in [-0.4, -0.2) is 41.8 Å². The number of hydrogen-bond donors (Lipinski definition) is 2. The maximum atomic E-state index is 12.8. The summed E-state index contributed by atoms with van der Waals surface area (Å²) in [6.07, 6.45) is 4.73. The maximum absolute atomic E-state index is 12.8. The van der Waals surface area contributed by atoms with Crippen LogP contribution in [0.15, 0.2) is 41.0 Å². The third-order valence-corrected chi connectivity index (χ3v) is 5.56. The van der Waals surface area contributed by atoms with Gasteiger partial charge in [-0.25, -0.2) is 0 Å². The SMILES string of the molecule is Cc1ccc(C(=O)NC2CC2)cc1NC(=O)C1CCN(C(=O)c2ccco2)CC1. The van der Waals surface area contributed by atoms with E-state index < -0.39 is 0 Å². The van der Waals surface area contributed by atoms with E-state index in [9.17, 15) is 14.4 Å². The number of furan rings is 1. The molecule has 1 aliphatic carbocycles. The summed E-state index contributed by atoms with van der Waals surface area (Å²) in [6.45, 7) is 2.93. The first-order valence-corrected chi connectivity index (χ1v) is 10.1. The molecule has 0 bridgehead atoms. The van der Waals surface area contributed by atoms with Gasteiger partial charge in [-0.3, -0.25) is 14.4 Å². The van der Waals surface area contributed by atoms with Crippen LogP contribution in [0, 0.1) is 12.8 Å². The van der Waals surface area contributed by atoms with E-state index in [0.29, 0.717) is 42.9 Å². The zero-order chi connectivity index (χ0) is 20.4. The fraction of sp³-hybridized carbons (Fsp3) is 0.409. The quantitative estimate of drug-likeness (QED) is 0.814. The fourth-order valence-electron chi connectivity index (χ4n) is 3.53. The van der Waals surface area contributed by atoms with Crippen molar-refractivity contribution < 1.29 is 18.8 Å². The van der Waals surface area contributed by atoms with Crippen molar-refractivity contribution >= 4 is 23.4 Å². The van der Waals surface area contributed by atoms with Gasteiger partial charge in [0.1, 0.15) is 0 Å². The summed E-state index contributed by atoms with van der Waals surface area (Å²) in [5, 5.41) is 5.94. The minimum absolute atomic E-state index is 0.0713. The van der Waals surface area contributed by atoms with Gasteiger partial charge in [0.25, 0.3) is 11.8 Å². The highest BCUT2D eigenvalue weighted by Crippen LogP contribution is 2.24. The molecule has 2 N–H and O–H groups in total. The average Bonchev–Trinajstić information content (AvgIpc) is 3.37. The molecule has 1 aliphatic heterocycles. The van der Waals surface area contributed by atoms with Crippen LogP contribution in [0.2, 0.25) is 0 Å². The normalized spacial score (nSPS) is 17.1. The van der Waals surface area contributed by atoms with E-state index >= 15 is 0 Å². The van der Waals surface area contributed by atoms with Gasteiger partial charge >= 0.3 is 0 Å². The van der Waals surface area contributed by atoms with Gasteiger partial charge in [0.05, 0.1) is 6.26 Å². The molecule has 152 valence electrons. The smallest absolute Gasteiger partial charge is 0.289 e. The molecule has 1 saturated carbocycles. The molecular weight excluding hydrogens is 370 g/mol. The molecule has 0 unspecified atom stereocenters. The van der Waals surface area contributed by atoms with Crippen molar-refractivity contribution in [2.75, 3.05) is 18.4 Å². The van der Waals surface area contributed by atoms with Gasteiger partial charge in [-0.05, 0) is 62.4 Å². The van der Waals surface area contributed by atoms with E-state index in [-0.39, 0.29) is 29.7 Å². The van der Waals surface area contributed by atoms with E-state index in [4.69, 9.17) is 4.42 Å². The van der Waals surface area contributed by atoms with Gasteiger partial charge in [0.2, 0.25) is 5.91 Å². The molecule has 7 nitrogen and oxygen atoms in total. The minimum atomic E-state index is -0.168. The monoisotopic (exact) mass is 395 g/mol. The number of carbonyl (C=O) groups excluding carboxylic acids is 3. The lowest BCUT2D eigenvalue weighted by atomic mass is 9.95. The summed E-state index contributed by atoms with van der Waals surface area (Å²) in [6, 6.07) is 8.99. The molecule has 0 radical (unpaired) electrons. The molecular formula is C22H25N3O4. The number of amides is 3. The molecule has 2 aromatic rings. The minimum Gasteiger partial charge on any atom is -0.459 e. The van der Waals surface area contributed by atoms with Crippen molar-refractivity contribution in [3.8, 4) is 0 Å². The van der Waals surface area contributed by atoms with Crippen LogP contribution in [0.1, 0.15) is 52.2 Å². The Kier molecular flexibility index (Phi) is 5.38. The van der Waals surface area contributed by atoms with Crippen LogP contribution in [0.3, 0.4) is 0 Å². The maximum Gasteiger partial charge on any atom is 0.289 e. The standard InChI is InChI=1S/C22H25N3O4/c1-14-4-5-16(21(27)23-17-6-7-17)13-18(14)24-20(26)15-8-10-25(11-9-15)22(28)19-3-2-12-29-19/h2-5,12-13,15,17H,6-11H2,1H3,(H,23,27)(H,24,26). The number of hydrogen-bond acceptors (Lipinski definition) is 4. The molecule has 2 aliphatic rings. The van der Waals surface area contributed by atoms with Crippen molar-refractivity contribution in [2.45, 2.75) is 38.6 Å². The van der Waals surface area contributed by atoms with Gasteiger partial charge < -0.3 is 20.0 Å². The summed E-state index contributed by atoms with van der Waals surface area (Å²) < 4.78 is 5.17. The Morgan fingerprint density at radius 3 is 2.48 bits per heavy atom. The highest BCUT2D eigenvalue weighted by Gasteiger charge is 2.29. The molecule has 29 heavy (non-hydrogen) atoms. The van der Waals surface area contributed by atoms with Crippen LogP contribution in [-0.2, 0) is 4.79 Å². The second-order valence-electron chi connectivity index (χ2n) is 7.81. The predicted octanol–water partition coefficient (Wildman–Crippen LogP) is 2.97. The Bertz CT molecular complexity index is 910. The zero-order valence-electron chi connectivity index (χ0n) is 16.4. The number of anilines is 1. The molecule has 3 amide bonds. The first-order chi connectivity index (χ1) is 14.0. The Balaban J connectivity index is 1.35. The zero-order valence-corrected chi connectivity index (χ0v) is 16.4. The number of likely N-dealkylation sites (tertiary alicyclic amines) is 1. The molecule has 2 fully saturated rings. The first kappa shape index (κ1) is 19.2. The topological polar surface area (TPSA) is 91.7 Å². The molecule has 7 heteroatoms. The van der Waals surface area contributed by atoms with Crippen molar-refractivity contribution in [1.82, 2.24) is 10.2 Å². The Morgan fingerprint density at radius 2 is 1.83 bits per heavy atom. The second kappa shape index (κ2) is 8.11. The van der Waals surface area contributed by atoms with Gasteiger partial charge in [-0.15, -0.1) is 0 Å². The van der Waals surface area contributed by atoms with Crippen LogP contribution < -0.4 is 10.6 Å². The molecule has 0 atom stereocenters. The summed E-state index contributed by atoms with van der Waals surface area (Å²) >= 11 is 0. The summed E-state index contributed by atoms with van der Waals surface area (Å²) in [4.78, 5) is 39.1. The number of piperidine rings is 1. The van der Waals surface area contributed by atoms with Gasteiger partial charge in [-0.2, -0.15) is 0 Å². The third kappa shape index (κ3) is 4.50. The van der Waals surface area contributed by atoms with Crippen LogP contribution >= 0.6 is 0 Å². The predicted molar refractivity (Wildman–Crippen MR) is 108 cm³/mol. The molecule has 1 aromatic carbocycles. The Hall–Kier alpha value is -3.09. The van der Waals surface area contributed by atoms with Gasteiger partial charge in [0, 0.05) is 36.3 Å². The first-order valence-electron chi connectivity index (χ1n) is 10.1. The van der Waals surface area contributed by atoms with E-state index in [0.717, 1.165) is 18.4 Å². The lowest BCUT2D eigenvalue weighted by Gasteiger charge is -2.30. The summed E-state index contributed by atoms with van der Waals surface area (Å²) in [5.41, 5.74) is 2.12. The molecule has 1 aromatic heterocycles. The number of aryl methyl sites for hydroxylation is 1. The molecule has 0 spiro atoms. The third-order valence-electron chi connectivity index (χ3n) is 5.56. The number of carbonyl (C=O) groups is 3. The number of nitrogens with one attached hydrogen (secondary N) is 2. The van der Waals surface area contributed by atoms with Crippen molar-refractivity contribution in [1.29, 1.82) is 0 Å². The van der Waals surface area contributed by atoms with Crippen LogP contribution in [0.4, 0.5) is 5.69 Å². The highest BCUT2D eigenvalue weighted by atomic mass is 16.3. The van der Waals surface area contributed by atoms with Crippen LogP contribution in [0.25, 0.3) is 0 Å². The lowest BCUT2D eigenvalue weighted by molar-refractivity contribution is -0.121. The van der Waals surface area contributed by atoms with Gasteiger partial charge in [0.15, 0.2) is 5.76 Å². The van der Waals surface area contributed by atoms with Crippen molar-refractivity contribution in [3.05, 3.63) is 53.5 Å². The molecule has 4 rings (SSSR count). The summed E-state index contributed by atoms with van der Waals surface area (Å²) in [7, 11) is 0. The van der Waals surface area contributed by atoms with Crippen molar-refractivity contribution in [3.63, 3.8) is 0 Å².